The molecule has 9 heteroatoms. The van der Waals surface area contributed by atoms with E-state index in [1.807, 2.05) is 0 Å². The number of hydrogen-bond donors (Lipinski definition) is 2. The minimum atomic E-state index is -4.10. The summed E-state index contributed by atoms with van der Waals surface area (Å²) in [7, 11) is -4.10. The summed E-state index contributed by atoms with van der Waals surface area (Å²) in [5, 5.41) is 3.44. The Hall–Kier alpha value is -1.93. The van der Waals surface area contributed by atoms with Crippen LogP contribution in [0.1, 0.15) is 15.9 Å². The second-order valence-electron chi connectivity index (χ2n) is 5.20. The van der Waals surface area contributed by atoms with Crippen LogP contribution >= 0.6 is 23.2 Å². The molecule has 5 nitrogen and oxygen atoms in total. The molecule has 2 N–H and O–H groups in total. The summed E-state index contributed by atoms with van der Waals surface area (Å²) in [5.41, 5.74) is 0.627. The molecule has 2 aromatic rings. The van der Waals surface area contributed by atoms with Crippen molar-refractivity contribution in [2.24, 2.45) is 0 Å². The first-order valence-electron chi connectivity index (χ1n) is 7.37. The van der Waals surface area contributed by atoms with Gasteiger partial charge in [0.1, 0.15) is 10.7 Å². The molecule has 138 valence electrons. The van der Waals surface area contributed by atoms with Gasteiger partial charge in [-0.1, -0.05) is 35.3 Å². The van der Waals surface area contributed by atoms with Crippen LogP contribution in [0.2, 0.25) is 10.0 Å². The Balaban J connectivity index is 2.19. The first-order chi connectivity index (χ1) is 12.2. The molecule has 0 radical (unpaired) electrons. The molecular weight excluding hydrogens is 402 g/mol. The summed E-state index contributed by atoms with van der Waals surface area (Å²) in [6.07, 6.45) is 1.32. The first-order valence-corrected chi connectivity index (χ1v) is 9.60. The quantitative estimate of drug-likeness (QED) is 0.677. The third-order valence-electron chi connectivity index (χ3n) is 3.36. The highest BCUT2D eigenvalue weighted by molar-refractivity contribution is 7.89. The molecule has 0 heterocycles. The van der Waals surface area contributed by atoms with Gasteiger partial charge in [-0.25, -0.2) is 17.5 Å². The molecule has 1 amide bonds. The molecule has 2 rings (SSSR count). The Morgan fingerprint density at radius 1 is 1.19 bits per heavy atom. The standard InChI is InChI=1S/C17H15Cl2FN2O3S/c1-2-7-22-26(24,25)16-8-11(4-6-15(16)20)17(23)21-10-12-3-5-13(18)9-14(12)19/h2-6,8-9,22H,1,7,10H2,(H,21,23). The fraction of sp³-hybridized carbons (Fsp3) is 0.118. The molecule has 0 aliphatic carbocycles. The zero-order valence-corrected chi connectivity index (χ0v) is 15.8. The number of rotatable bonds is 7. The maximum atomic E-state index is 13.9. The highest BCUT2D eigenvalue weighted by Gasteiger charge is 2.20. The fourth-order valence-corrected chi connectivity index (χ4v) is 3.61. The van der Waals surface area contributed by atoms with Crippen LogP contribution in [0.25, 0.3) is 0 Å². The van der Waals surface area contributed by atoms with Gasteiger partial charge in [-0.15, -0.1) is 6.58 Å². The molecule has 0 saturated carbocycles. The monoisotopic (exact) mass is 416 g/mol. The molecular formula is C17H15Cl2FN2O3S. The van der Waals surface area contributed by atoms with Gasteiger partial charge in [-0.3, -0.25) is 4.79 Å². The topological polar surface area (TPSA) is 75.3 Å². The third-order valence-corrected chi connectivity index (χ3v) is 5.38. The normalized spacial score (nSPS) is 11.2. The van der Waals surface area contributed by atoms with Crippen LogP contribution in [0, 0.1) is 5.82 Å². The first kappa shape index (κ1) is 20.4. The van der Waals surface area contributed by atoms with Crippen LogP contribution in [0.3, 0.4) is 0 Å². The van der Waals surface area contributed by atoms with Crippen molar-refractivity contribution in [3.8, 4) is 0 Å². The molecule has 26 heavy (non-hydrogen) atoms. The van der Waals surface area contributed by atoms with Gasteiger partial charge >= 0.3 is 0 Å². The number of nitrogens with one attached hydrogen (secondary N) is 2. The van der Waals surface area contributed by atoms with Crippen LogP contribution in [0.4, 0.5) is 4.39 Å². The van der Waals surface area contributed by atoms with Crippen molar-refractivity contribution in [1.29, 1.82) is 0 Å². The largest absolute Gasteiger partial charge is 0.348 e. The summed E-state index contributed by atoms with van der Waals surface area (Å²) in [6, 6.07) is 7.92. The smallest absolute Gasteiger partial charge is 0.251 e. The van der Waals surface area contributed by atoms with Crippen molar-refractivity contribution in [3.05, 3.63) is 76.0 Å². The van der Waals surface area contributed by atoms with E-state index in [4.69, 9.17) is 23.2 Å². The minimum absolute atomic E-state index is 0.00420. The number of benzene rings is 2. The predicted octanol–water partition coefficient (Wildman–Crippen LogP) is 3.53. The van der Waals surface area contributed by atoms with E-state index in [-0.39, 0.29) is 18.7 Å². The maximum Gasteiger partial charge on any atom is 0.251 e. The van der Waals surface area contributed by atoms with Crippen LogP contribution in [-0.4, -0.2) is 20.9 Å². The Labute approximate surface area is 160 Å². The number of carbonyl (C=O) groups excluding carboxylic acids is 1. The van der Waals surface area contributed by atoms with Crippen LogP contribution < -0.4 is 10.0 Å². The van der Waals surface area contributed by atoms with E-state index in [0.717, 1.165) is 12.1 Å². The number of hydrogen-bond acceptors (Lipinski definition) is 3. The predicted molar refractivity (Wildman–Crippen MR) is 99.4 cm³/mol. The van der Waals surface area contributed by atoms with Gasteiger partial charge < -0.3 is 5.32 Å². The second kappa shape index (κ2) is 8.64. The number of halogens is 3. The van der Waals surface area contributed by atoms with Crippen LogP contribution in [0.15, 0.2) is 53.9 Å². The molecule has 0 aliphatic heterocycles. The minimum Gasteiger partial charge on any atom is -0.348 e. The van der Waals surface area contributed by atoms with E-state index in [2.05, 4.69) is 16.6 Å². The molecule has 0 atom stereocenters. The van der Waals surface area contributed by atoms with Crippen molar-refractivity contribution in [2.75, 3.05) is 6.54 Å². The fourth-order valence-electron chi connectivity index (χ4n) is 2.04. The van der Waals surface area contributed by atoms with E-state index in [9.17, 15) is 17.6 Å². The van der Waals surface area contributed by atoms with Gasteiger partial charge in [0.2, 0.25) is 10.0 Å². The summed E-state index contributed by atoms with van der Waals surface area (Å²) >= 11 is 11.8. The molecule has 0 fully saturated rings. The van der Waals surface area contributed by atoms with E-state index >= 15 is 0 Å². The average molecular weight is 417 g/mol. The van der Waals surface area contributed by atoms with Gasteiger partial charge in [0.15, 0.2) is 0 Å². The molecule has 0 aromatic heterocycles. The van der Waals surface area contributed by atoms with E-state index < -0.39 is 26.6 Å². The van der Waals surface area contributed by atoms with Crippen molar-refractivity contribution >= 4 is 39.1 Å². The zero-order valence-electron chi connectivity index (χ0n) is 13.4. The Morgan fingerprint density at radius 2 is 1.92 bits per heavy atom. The molecule has 2 aromatic carbocycles. The highest BCUT2D eigenvalue weighted by atomic mass is 35.5. The molecule has 0 bridgehead atoms. The lowest BCUT2D eigenvalue weighted by molar-refractivity contribution is 0.0950. The lowest BCUT2D eigenvalue weighted by Gasteiger charge is -2.10. The SMILES string of the molecule is C=CCNS(=O)(=O)c1cc(C(=O)NCc2ccc(Cl)cc2Cl)ccc1F. The van der Waals surface area contributed by atoms with E-state index in [1.165, 1.54) is 12.1 Å². The van der Waals surface area contributed by atoms with Gasteiger partial charge in [0, 0.05) is 28.7 Å². The highest BCUT2D eigenvalue weighted by Crippen LogP contribution is 2.21. The van der Waals surface area contributed by atoms with Gasteiger partial charge in [-0.2, -0.15) is 0 Å². The van der Waals surface area contributed by atoms with Gasteiger partial charge in [-0.05, 0) is 35.9 Å². The van der Waals surface area contributed by atoms with Crippen molar-refractivity contribution in [2.45, 2.75) is 11.4 Å². The van der Waals surface area contributed by atoms with Crippen LogP contribution in [-0.2, 0) is 16.6 Å². The Bertz CT molecular complexity index is 949. The second-order valence-corrected chi connectivity index (χ2v) is 7.78. The molecule has 0 aliphatic rings. The van der Waals surface area contributed by atoms with Crippen molar-refractivity contribution in [3.63, 3.8) is 0 Å². The van der Waals surface area contributed by atoms with Gasteiger partial charge in [0.25, 0.3) is 5.91 Å². The molecule has 0 saturated heterocycles. The molecule has 0 spiro atoms. The Morgan fingerprint density at radius 3 is 2.58 bits per heavy atom. The summed E-state index contributed by atoms with van der Waals surface area (Å²) < 4.78 is 40.2. The average Bonchev–Trinajstić information content (AvgIpc) is 2.59. The lowest BCUT2D eigenvalue weighted by Crippen LogP contribution is -2.26. The zero-order chi connectivity index (χ0) is 19.3. The van der Waals surface area contributed by atoms with Crippen molar-refractivity contribution < 1.29 is 17.6 Å². The summed E-state index contributed by atoms with van der Waals surface area (Å²) in [4.78, 5) is 11.7. The lowest BCUT2D eigenvalue weighted by atomic mass is 10.2. The number of carbonyl (C=O) groups is 1. The summed E-state index contributed by atoms with van der Waals surface area (Å²) in [5.74, 6) is -1.53. The molecule has 0 unspecified atom stereocenters. The van der Waals surface area contributed by atoms with Crippen LogP contribution in [0.5, 0.6) is 0 Å². The number of sulfonamides is 1. The maximum absolute atomic E-state index is 13.9. The van der Waals surface area contributed by atoms with E-state index in [1.54, 1.807) is 18.2 Å². The van der Waals surface area contributed by atoms with E-state index in [0.29, 0.717) is 15.6 Å². The summed E-state index contributed by atoms with van der Waals surface area (Å²) in [6.45, 7) is 3.43. The number of amides is 1. The third kappa shape index (κ3) is 5.04. The Kier molecular flexibility index (Phi) is 6.77. The van der Waals surface area contributed by atoms with Crippen molar-refractivity contribution in [1.82, 2.24) is 10.0 Å². The van der Waals surface area contributed by atoms with Gasteiger partial charge in [0.05, 0.1) is 0 Å².